The molecular weight excluding hydrogens is 414 g/mol. The number of fused-ring (bicyclic) bond motifs is 1. The minimum atomic E-state index is -1.13. The largest absolute Gasteiger partial charge is 0.461 e. The molecule has 33 heavy (non-hydrogen) atoms. The van der Waals surface area contributed by atoms with Crippen LogP contribution in [0.15, 0.2) is 52.9 Å². The predicted octanol–water partition coefficient (Wildman–Crippen LogP) is 4.80. The second kappa shape index (κ2) is 9.76. The number of piperidine rings is 1. The fourth-order valence-electron chi connectivity index (χ4n) is 5.01. The number of aromatic nitrogens is 1. The molecule has 0 N–H and O–H groups in total. The van der Waals surface area contributed by atoms with E-state index in [2.05, 4.69) is 35.2 Å². The van der Waals surface area contributed by atoms with Gasteiger partial charge in [-0.2, -0.15) is 5.26 Å². The smallest absolute Gasteiger partial charge is 0.302 e. The number of ether oxygens (including phenoxy) is 1. The highest BCUT2D eigenvalue weighted by atomic mass is 16.5. The monoisotopic (exact) mass is 445 g/mol. The zero-order valence-electron chi connectivity index (χ0n) is 19.6. The van der Waals surface area contributed by atoms with E-state index < -0.39 is 17.5 Å². The van der Waals surface area contributed by atoms with Crippen LogP contribution in [0.1, 0.15) is 43.7 Å². The van der Waals surface area contributed by atoms with Crippen molar-refractivity contribution in [3.8, 4) is 6.07 Å². The number of likely N-dealkylation sites (tertiary alicyclic amines) is 1. The molecule has 0 aliphatic carbocycles. The van der Waals surface area contributed by atoms with Crippen molar-refractivity contribution >= 4 is 17.1 Å². The summed E-state index contributed by atoms with van der Waals surface area (Å²) in [6, 6.07) is 18.8. The van der Waals surface area contributed by atoms with E-state index in [1.54, 1.807) is 6.92 Å². The summed E-state index contributed by atoms with van der Waals surface area (Å²) >= 11 is 0. The van der Waals surface area contributed by atoms with Gasteiger partial charge >= 0.3 is 5.97 Å². The van der Waals surface area contributed by atoms with Gasteiger partial charge in [-0.15, -0.1) is 0 Å². The first-order chi connectivity index (χ1) is 15.9. The van der Waals surface area contributed by atoms with E-state index in [-0.39, 0.29) is 5.92 Å². The third kappa shape index (κ3) is 4.79. The predicted molar refractivity (Wildman–Crippen MR) is 127 cm³/mol. The molecule has 6 heteroatoms. The van der Waals surface area contributed by atoms with Crippen LogP contribution >= 0.6 is 0 Å². The summed E-state index contributed by atoms with van der Waals surface area (Å²) in [5.41, 5.74) is 2.64. The van der Waals surface area contributed by atoms with Crippen LogP contribution in [0, 0.1) is 24.2 Å². The molecule has 0 radical (unpaired) electrons. The van der Waals surface area contributed by atoms with Gasteiger partial charge in [0, 0.05) is 13.5 Å². The number of hydrogen-bond acceptors (Lipinski definition) is 6. The molecule has 3 aromatic rings. The van der Waals surface area contributed by atoms with E-state index in [4.69, 9.17) is 14.1 Å². The quantitative estimate of drug-likeness (QED) is 0.486. The Labute approximate surface area is 195 Å². The summed E-state index contributed by atoms with van der Waals surface area (Å²) in [6.07, 6.45) is 1.95. The number of aryl methyl sites for hydroxylation is 1. The Morgan fingerprint density at radius 1 is 1.27 bits per heavy atom. The fourth-order valence-corrected chi connectivity index (χ4v) is 5.01. The normalized spacial score (nSPS) is 17.9. The number of nitriles is 1. The third-order valence-corrected chi connectivity index (χ3v) is 6.86. The van der Waals surface area contributed by atoms with E-state index in [1.807, 2.05) is 31.2 Å². The highest BCUT2D eigenvalue weighted by Gasteiger charge is 2.52. The van der Waals surface area contributed by atoms with E-state index in [9.17, 15) is 10.1 Å². The lowest BCUT2D eigenvalue weighted by Crippen LogP contribution is -2.50. The number of carbonyl (C=O) groups is 1. The van der Waals surface area contributed by atoms with Crippen LogP contribution in [0.25, 0.3) is 11.1 Å². The summed E-state index contributed by atoms with van der Waals surface area (Å²) < 4.78 is 11.7. The Balaban J connectivity index is 1.57. The number of esters is 1. The highest BCUT2D eigenvalue weighted by Crippen LogP contribution is 2.43. The van der Waals surface area contributed by atoms with Crippen molar-refractivity contribution in [2.45, 2.75) is 51.6 Å². The maximum atomic E-state index is 11.8. The molecule has 2 atom stereocenters. The standard InChI is InChI=1S/C27H31N3O3/c1-19-9-10-25-24(17-19)29-26(33-25)27(18-28,20(2)32-21(3)31)23-12-15-30(16-13-23)14-11-22-7-5-4-6-8-22/h4-10,17,20,23H,11-16H2,1-3H3. The van der Waals surface area contributed by atoms with E-state index in [1.165, 1.54) is 12.5 Å². The molecule has 1 aliphatic heterocycles. The van der Waals surface area contributed by atoms with E-state index in [0.29, 0.717) is 11.5 Å². The maximum Gasteiger partial charge on any atom is 0.302 e. The lowest BCUT2D eigenvalue weighted by molar-refractivity contribution is -0.150. The molecule has 4 rings (SSSR count). The molecule has 2 aromatic carbocycles. The Morgan fingerprint density at radius 3 is 2.67 bits per heavy atom. The number of nitrogens with zero attached hydrogens (tertiary/aromatic N) is 3. The molecule has 6 nitrogen and oxygen atoms in total. The molecule has 0 amide bonds. The van der Waals surface area contributed by atoms with Crippen molar-refractivity contribution < 1.29 is 13.9 Å². The van der Waals surface area contributed by atoms with Crippen molar-refractivity contribution in [3.05, 3.63) is 65.5 Å². The van der Waals surface area contributed by atoms with Gasteiger partial charge in [-0.05, 0) is 75.4 Å². The summed E-state index contributed by atoms with van der Waals surface area (Å²) in [6.45, 7) is 7.91. The summed E-state index contributed by atoms with van der Waals surface area (Å²) in [7, 11) is 0. The van der Waals surface area contributed by atoms with E-state index in [0.717, 1.165) is 50.0 Å². The van der Waals surface area contributed by atoms with Crippen molar-refractivity contribution in [2.24, 2.45) is 5.92 Å². The molecule has 2 heterocycles. The Bertz CT molecular complexity index is 1140. The lowest BCUT2D eigenvalue weighted by Gasteiger charge is -2.41. The first-order valence-electron chi connectivity index (χ1n) is 11.6. The Morgan fingerprint density at radius 2 is 2.00 bits per heavy atom. The van der Waals surface area contributed by atoms with Crippen LogP contribution in [-0.4, -0.2) is 41.6 Å². The molecule has 0 bridgehead atoms. The van der Waals surface area contributed by atoms with Crippen LogP contribution < -0.4 is 0 Å². The third-order valence-electron chi connectivity index (χ3n) is 6.86. The Hall–Kier alpha value is -3.17. The van der Waals surface area contributed by atoms with Crippen LogP contribution in [0.3, 0.4) is 0 Å². The molecule has 1 fully saturated rings. The van der Waals surface area contributed by atoms with Gasteiger partial charge in [0.25, 0.3) is 0 Å². The number of rotatable bonds is 7. The van der Waals surface area contributed by atoms with Crippen LogP contribution in [-0.2, 0) is 21.4 Å². The average molecular weight is 446 g/mol. The highest BCUT2D eigenvalue weighted by molar-refractivity contribution is 5.73. The molecule has 1 aliphatic rings. The number of carbonyl (C=O) groups excluding carboxylic acids is 1. The van der Waals surface area contributed by atoms with Gasteiger partial charge in [0.1, 0.15) is 11.6 Å². The summed E-state index contributed by atoms with van der Waals surface area (Å²) in [5.74, 6) is -0.0875. The molecule has 1 saturated heterocycles. The van der Waals surface area contributed by atoms with Crippen molar-refractivity contribution in [1.29, 1.82) is 5.26 Å². The zero-order valence-corrected chi connectivity index (χ0v) is 19.6. The Kier molecular flexibility index (Phi) is 6.80. The lowest BCUT2D eigenvalue weighted by atomic mass is 9.68. The second-order valence-electron chi connectivity index (χ2n) is 9.07. The van der Waals surface area contributed by atoms with Crippen molar-refractivity contribution in [3.63, 3.8) is 0 Å². The molecular formula is C27H31N3O3. The topological polar surface area (TPSA) is 79.4 Å². The zero-order chi connectivity index (χ0) is 23.4. The average Bonchev–Trinajstić information content (AvgIpc) is 3.23. The van der Waals surface area contributed by atoms with Crippen molar-refractivity contribution in [2.75, 3.05) is 19.6 Å². The second-order valence-corrected chi connectivity index (χ2v) is 9.07. The molecule has 2 unspecified atom stereocenters. The summed E-state index contributed by atoms with van der Waals surface area (Å²) in [5, 5.41) is 10.5. The number of hydrogen-bond donors (Lipinski definition) is 0. The van der Waals surface area contributed by atoms with E-state index >= 15 is 0 Å². The molecule has 0 spiro atoms. The van der Waals surface area contributed by atoms with Gasteiger partial charge in [-0.25, -0.2) is 4.98 Å². The number of oxazole rings is 1. The number of benzene rings is 2. The van der Waals surface area contributed by atoms with Gasteiger partial charge in [0.2, 0.25) is 5.89 Å². The summed E-state index contributed by atoms with van der Waals surface area (Å²) in [4.78, 5) is 19.0. The van der Waals surface area contributed by atoms with Gasteiger partial charge in [0.15, 0.2) is 11.0 Å². The van der Waals surface area contributed by atoms with Crippen LogP contribution in [0.2, 0.25) is 0 Å². The fraction of sp³-hybridized carbons (Fsp3) is 0.444. The molecule has 1 aromatic heterocycles. The van der Waals surface area contributed by atoms with Crippen molar-refractivity contribution in [1.82, 2.24) is 9.88 Å². The molecule has 172 valence electrons. The van der Waals surface area contributed by atoms with Gasteiger partial charge < -0.3 is 14.1 Å². The first kappa shape index (κ1) is 23.0. The maximum absolute atomic E-state index is 11.8. The van der Waals surface area contributed by atoms with Gasteiger partial charge in [-0.1, -0.05) is 36.4 Å². The first-order valence-corrected chi connectivity index (χ1v) is 11.6. The van der Waals surface area contributed by atoms with Crippen LogP contribution in [0.4, 0.5) is 0 Å². The minimum absolute atomic E-state index is 0.0287. The molecule has 0 saturated carbocycles. The van der Waals surface area contributed by atoms with Crippen LogP contribution in [0.5, 0.6) is 0 Å². The van der Waals surface area contributed by atoms with Gasteiger partial charge in [0.05, 0.1) is 6.07 Å². The van der Waals surface area contributed by atoms with Gasteiger partial charge in [-0.3, -0.25) is 4.79 Å². The minimum Gasteiger partial charge on any atom is -0.461 e. The SMILES string of the molecule is CC(=O)OC(C)C(C#N)(c1nc2cc(C)ccc2o1)C1CCN(CCc2ccccc2)CC1.